The molecule has 2 aromatic rings. The average molecular weight is 352 g/mol. The standard InChI is InChI=1S/C18H22F2N2O3/c1-18(2,22-5-7-23-8-6-22)12-24-11-14-10-17(21-25-14)13-3-4-15(19)16(20)9-13/h3-4,9-10H,5-8,11-12H2,1-2H3. The summed E-state index contributed by atoms with van der Waals surface area (Å²) in [6, 6.07) is 5.30. The Hall–Kier alpha value is -1.83. The third kappa shape index (κ3) is 4.42. The van der Waals surface area contributed by atoms with Gasteiger partial charge in [0.05, 0.1) is 19.8 Å². The minimum atomic E-state index is -0.912. The molecule has 3 rings (SSSR count). The van der Waals surface area contributed by atoms with Crippen LogP contribution in [0.15, 0.2) is 28.8 Å². The number of benzene rings is 1. The topological polar surface area (TPSA) is 47.7 Å². The maximum Gasteiger partial charge on any atom is 0.163 e. The van der Waals surface area contributed by atoms with Crippen molar-refractivity contribution in [2.75, 3.05) is 32.9 Å². The Balaban J connectivity index is 1.55. The molecule has 2 heterocycles. The first kappa shape index (κ1) is 18.0. The van der Waals surface area contributed by atoms with E-state index in [0.717, 1.165) is 38.4 Å². The van der Waals surface area contributed by atoms with Crippen LogP contribution in [-0.4, -0.2) is 48.5 Å². The van der Waals surface area contributed by atoms with E-state index in [4.69, 9.17) is 14.0 Å². The molecule has 0 aliphatic carbocycles. The number of morpholine rings is 1. The molecule has 1 aliphatic rings. The lowest BCUT2D eigenvalue weighted by atomic mass is 10.0. The Morgan fingerprint density at radius 2 is 1.92 bits per heavy atom. The summed E-state index contributed by atoms with van der Waals surface area (Å²) in [6.45, 7) is 8.32. The van der Waals surface area contributed by atoms with E-state index in [1.54, 1.807) is 6.07 Å². The Morgan fingerprint density at radius 1 is 1.16 bits per heavy atom. The monoisotopic (exact) mass is 352 g/mol. The van der Waals surface area contributed by atoms with Crippen molar-refractivity contribution >= 4 is 0 Å². The molecule has 1 fully saturated rings. The summed E-state index contributed by atoms with van der Waals surface area (Å²) in [5.74, 6) is -1.26. The van der Waals surface area contributed by atoms with Crippen LogP contribution in [0.1, 0.15) is 19.6 Å². The molecular weight excluding hydrogens is 330 g/mol. The van der Waals surface area contributed by atoms with Crippen LogP contribution < -0.4 is 0 Å². The lowest BCUT2D eigenvalue weighted by Gasteiger charge is -2.40. The first-order chi connectivity index (χ1) is 12.0. The third-order valence-corrected chi connectivity index (χ3v) is 4.34. The van der Waals surface area contributed by atoms with E-state index in [-0.39, 0.29) is 12.1 Å². The molecule has 0 amide bonds. The summed E-state index contributed by atoms with van der Waals surface area (Å²) in [6.07, 6.45) is 0. The number of nitrogens with zero attached hydrogens (tertiary/aromatic N) is 2. The largest absolute Gasteiger partial charge is 0.379 e. The highest BCUT2D eigenvalue weighted by Crippen LogP contribution is 2.22. The summed E-state index contributed by atoms with van der Waals surface area (Å²) >= 11 is 0. The predicted octanol–water partition coefficient (Wildman–Crippen LogP) is 3.25. The Bertz CT molecular complexity index is 712. The van der Waals surface area contributed by atoms with Gasteiger partial charge < -0.3 is 14.0 Å². The van der Waals surface area contributed by atoms with Gasteiger partial charge in [-0.25, -0.2) is 8.78 Å². The first-order valence-electron chi connectivity index (χ1n) is 8.27. The third-order valence-electron chi connectivity index (χ3n) is 4.34. The fourth-order valence-corrected chi connectivity index (χ4v) is 2.83. The van der Waals surface area contributed by atoms with E-state index in [1.165, 1.54) is 6.07 Å². The quantitative estimate of drug-likeness (QED) is 0.799. The van der Waals surface area contributed by atoms with Crippen LogP contribution in [0, 0.1) is 11.6 Å². The van der Waals surface area contributed by atoms with Gasteiger partial charge in [0.2, 0.25) is 0 Å². The van der Waals surface area contributed by atoms with Crippen molar-refractivity contribution < 1.29 is 22.8 Å². The zero-order valence-corrected chi connectivity index (χ0v) is 14.4. The normalized spacial score (nSPS) is 16.3. The second-order valence-corrected chi connectivity index (χ2v) is 6.71. The van der Waals surface area contributed by atoms with E-state index >= 15 is 0 Å². The maximum absolute atomic E-state index is 13.3. The lowest BCUT2D eigenvalue weighted by Crippen LogP contribution is -2.52. The van der Waals surface area contributed by atoms with Gasteiger partial charge in [-0.15, -0.1) is 0 Å². The van der Waals surface area contributed by atoms with Gasteiger partial charge >= 0.3 is 0 Å². The van der Waals surface area contributed by atoms with Gasteiger partial charge in [-0.05, 0) is 32.0 Å². The second-order valence-electron chi connectivity index (χ2n) is 6.71. The fraction of sp³-hybridized carbons (Fsp3) is 0.500. The molecule has 0 N–H and O–H groups in total. The summed E-state index contributed by atoms with van der Waals surface area (Å²) in [7, 11) is 0. The number of rotatable bonds is 6. The smallest absolute Gasteiger partial charge is 0.163 e. The number of ether oxygens (including phenoxy) is 2. The minimum Gasteiger partial charge on any atom is -0.379 e. The fourth-order valence-electron chi connectivity index (χ4n) is 2.83. The van der Waals surface area contributed by atoms with Gasteiger partial charge in [-0.2, -0.15) is 0 Å². The molecule has 1 aromatic carbocycles. The van der Waals surface area contributed by atoms with Crippen molar-refractivity contribution in [2.24, 2.45) is 0 Å². The van der Waals surface area contributed by atoms with Crippen molar-refractivity contribution in [3.63, 3.8) is 0 Å². The van der Waals surface area contributed by atoms with E-state index in [2.05, 4.69) is 23.9 Å². The van der Waals surface area contributed by atoms with Crippen LogP contribution in [-0.2, 0) is 16.1 Å². The van der Waals surface area contributed by atoms with Crippen LogP contribution in [0.5, 0.6) is 0 Å². The molecule has 0 spiro atoms. The molecule has 7 heteroatoms. The highest BCUT2D eigenvalue weighted by molar-refractivity contribution is 5.58. The SMILES string of the molecule is CC(C)(COCc1cc(-c2ccc(F)c(F)c2)no1)N1CCOCC1. The molecule has 1 saturated heterocycles. The van der Waals surface area contributed by atoms with Gasteiger partial charge in [0.1, 0.15) is 12.3 Å². The van der Waals surface area contributed by atoms with Crippen molar-refractivity contribution in [2.45, 2.75) is 26.0 Å². The molecule has 0 radical (unpaired) electrons. The van der Waals surface area contributed by atoms with E-state index < -0.39 is 11.6 Å². The molecule has 5 nitrogen and oxygen atoms in total. The number of aromatic nitrogens is 1. The lowest BCUT2D eigenvalue weighted by molar-refractivity contribution is -0.0503. The Kier molecular flexibility index (Phi) is 5.46. The molecule has 1 aliphatic heterocycles. The van der Waals surface area contributed by atoms with Crippen LogP contribution in [0.4, 0.5) is 8.78 Å². The van der Waals surface area contributed by atoms with Gasteiger partial charge in [0, 0.05) is 30.3 Å². The van der Waals surface area contributed by atoms with E-state index in [1.807, 2.05) is 0 Å². The summed E-state index contributed by atoms with van der Waals surface area (Å²) in [5.41, 5.74) is 0.805. The van der Waals surface area contributed by atoms with Crippen LogP contribution >= 0.6 is 0 Å². The predicted molar refractivity (Wildman–Crippen MR) is 88.0 cm³/mol. The van der Waals surface area contributed by atoms with Gasteiger partial charge in [-0.1, -0.05) is 5.16 Å². The molecular formula is C18H22F2N2O3. The second kappa shape index (κ2) is 7.59. The highest BCUT2D eigenvalue weighted by Gasteiger charge is 2.28. The molecule has 0 bridgehead atoms. The maximum atomic E-state index is 13.3. The Labute approximate surface area is 145 Å². The number of hydrogen-bond acceptors (Lipinski definition) is 5. The summed E-state index contributed by atoms with van der Waals surface area (Å²) in [5, 5.41) is 3.89. The number of halogens is 2. The first-order valence-corrected chi connectivity index (χ1v) is 8.27. The highest BCUT2D eigenvalue weighted by atomic mass is 19.2. The van der Waals surface area contributed by atoms with Gasteiger partial charge in [0.15, 0.2) is 17.4 Å². The zero-order chi connectivity index (χ0) is 17.9. The van der Waals surface area contributed by atoms with Crippen molar-refractivity contribution in [3.8, 4) is 11.3 Å². The average Bonchev–Trinajstić information content (AvgIpc) is 3.07. The van der Waals surface area contributed by atoms with E-state index in [0.29, 0.717) is 23.6 Å². The van der Waals surface area contributed by atoms with Gasteiger partial charge in [0.25, 0.3) is 0 Å². The molecule has 1 aromatic heterocycles. The summed E-state index contributed by atoms with van der Waals surface area (Å²) in [4.78, 5) is 2.34. The molecule has 25 heavy (non-hydrogen) atoms. The molecule has 0 saturated carbocycles. The molecule has 136 valence electrons. The minimum absolute atomic E-state index is 0.104. The van der Waals surface area contributed by atoms with Crippen molar-refractivity contribution in [1.82, 2.24) is 10.1 Å². The van der Waals surface area contributed by atoms with Crippen LogP contribution in [0.25, 0.3) is 11.3 Å². The van der Waals surface area contributed by atoms with Crippen LogP contribution in [0.3, 0.4) is 0 Å². The van der Waals surface area contributed by atoms with Crippen molar-refractivity contribution in [1.29, 1.82) is 0 Å². The molecule has 0 unspecified atom stereocenters. The van der Waals surface area contributed by atoms with Crippen molar-refractivity contribution in [3.05, 3.63) is 41.7 Å². The number of hydrogen-bond donors (Lipinski definition) is 0. The zero-order valence-electron chi connectivity index (χ0n) is 14.4. The molecule has 0 atom stereocenters. The van der Waals surface area contributed by atoms with Gasteiger partial charge in [-0.3, -0.25) is 4.90 Å². The summed E-state index contributed by atoms with van der Waals surface area (Å²) < 4.78 is 42.7. The Morgan fingerprint density at radius 3 is 2.64 bits per heavy atom. The van der Waals surface area contributed by atoms with E-state index in [9.17, 15) is 8.78 Å². The van der Waals surface area contributed by atoms with Crippen LogP contribution in [0.2, 0.25) is 0 Å².